The minimum Gasteiger partial charge on any atom is -0.492 e. The fraction of sp³-hybridized carbons (Fsp3) is 0.360. The third-order valence-corrected chi connectivity index (χ3v) is 23.0. The highest BCUT2D eigenvalue weighted by atomic mass is 128. The van der Waals surface area contributed by atoms with Gasteiger partial charge in [0.15, 0.2) is 0 Å². The van der Waals surface area contributed by atoms with Crippen LogP contribution in [0, 0.1) is 30.4 Å². The number of ether oxygens (including phenoxy) is 12. The van der Waals surface area contributed by atoms with Crippen LogP contribution in [-0.2, 0) is 18.9 Å². The quantitative estimate of drug-likeness (QED) is 0.0161. The van der Waals surface area contributed by atoms with Crippen molar-refractivity contribution < 1.29 is 98.4 Å². The molecule has 0 aliphatic carbocycles. The maximum Gasteiger partial charge on any atom is 0.419 e. The molecule has 0 saturated carbocycles. The zero-order valence-corrected chi connectivity index (χ0v) is 94.7. The van der Waals surface area contributed by atoms with Crippen LogP contribution < -0.4 is 48.9 Å². The zero-order valence-electron chi connectivity index (χ0n) is 79.9. The lowest BCUT2D eigenvalue weighted by molar-refractivity contribution is -0.00272. The largest absolute Gasteiger partial charge is 0.492 e. The van der Waals surface area contributed by atoms with Gasteiger partial charge in [-0.2, -0.15) is 0 Å². The number of fused-ring (bicyclic) bond motifs is 6. The van der Waals surface area contributed by atoms with Crippen LogP contribution in [0.15, 0.2) is 157 Å². The van der Waals surface area contributed by atoms with Crippen molar-refractivity contribution in [1.82, 2.24) is 65.0 Å². The number of H-pyrrole nitrogens is 5. The lowest BCUT2D eigenvalue weighted by atomic mass is 10.1. The third-order valence-electron chi connectivity index (χ3n) is 19.3. The predicted octanol–water partition coefficient (Wildman–Crippen LogP) is 30.2. The van der Waals surface area contributed by atoms with E-state index in [1.807, 2.05) is 48.9 Å². The molecule has 11 heterocycles. The van der Waals surface area contributed by atoms with Crippen molar-refractivity contribution in [2.24, 2.45) is 5.73 Å². The molecule has 0 radical (unpaired) electrons. The highest BCUT2D eigenvalue weighted by molar-refractivity contribution is 15.0. The van der Waals surface area contributed by atoms with E-state index in [1.165, 1.54) is 54.7 Å². The molecule has 8 N–H and O–H groups in total. The molecule has 10 aromatic heterocycles. The number of amides is 5. The molecule has 2 bridgehead atoms. The number of hydrogen-bond donors (Lipinski definition) is 7. The van der Waals surface area contributed by atoms with Crippen LogP contribution in [0.1, 0.15) is 190 Å². The van der Waals surface area contributed by atoms with Gasteiger partial charge in [-0.1, -0.05) is 68.7 Å². The number of hydrogen-bond acceptors (Lipinski definition) is 23. The van der Waals surface area contributed by atoms with Crippen molar-refractivity contribution in [1.29, 1.82) is 0 Å². The molecule has 31 nitrogen and oxygen atoms in total. The number of nitrogens with one attached hydrogen (secondary N) is 6. The third kappa shape index (κ3) is 36.2. The highest BCUT2D eigenvalue weighted by Gasteiger charge is 2.35. The molecule has 146 heavy (non-hydrogen) atoms. The fourth-order valence-corrected chi connectivity index (χ4v) is 16.0. The number of pyridine rings is 5. The van der Waals surface area contributed by atoms with Crippen molar-refractivity contribution in [3.8, 4) is 46.0 Å². The van der Waals surface area contributed by atoms with E-state index in [4.69, 9.17) is 132 Å². The minimum atomic E-state index is -0.878. The van der Waals surface area contributed by atoms with Crippen molar-refractivity contribution >= 4 is 253 Å². The second kappa shape index (κ2) is 57.5. The van der Waals surface area contributed by atoms with E-state index in [2.05, 4.69) is 154 Å². The summed E-state index contributed by atoms with van der Waals surface area (Å²) in [5, 5.41) is 7.03. The van der Waals surface area contributed by atoms with Gasteiger partial charge in [0, 0.05) is 120 Å². The summed E-state index contributed by atoms with van der Waals surface area (Å²) in [6.45, 7) is 27.6. The number of aromatic nitrogens is 10. The van der Waals surface area contributed by atoms with Crippen LogP contribution in [0.25, 0.3) is 55.2 Å². The summed E-state index contributed by atoms with van der Waals surface area (Å²) in [6.07, 6.45) is 10.9. The van der Waals surface area contributed by atoms with Crippen molar-refractivity contribution in [2.45, 2.75) is 180 Å². The first-order valence-corrected chi connectivity index (χ1v) is 55.4. The molecule has 1 aliphatic heterocycles. The van der Waals surface area contributed by atoms with Crippen molar-refractivity contribution in [3.63, 3.8) is 0 Å². The Hall–Kier alpha value is -9.50. The van der Waals surface area contributed by atoms with Gasteiger partial charge < -0.3 is 92.8 Å². The van der Waals surface area contributed by atoms with Gasteiger partial charge in [0.05, 0.1) is 97.7 Å². The Labute approximate surface area is 932 Å². The predicted molar refractivity (Wildman–Crippen MR) is 602 cm³/mol. The smallest absolute Gasteiger partial charge is 0.419 e. The second-order valence-corrected chi connectivity index (χ2v) is 40.3. The number of nitrogens with zero attached hydrogens (tertiary/aromatic N) is 7. The number of nitrogens with two attached hydrogens (primary N) is 1. The summed E-state index contributed by atoms with van der Waals surface area (Å²) in [7, 11) is 0. The lowest BCUT2D eigenvalue weighted by Gasteiger charge is -2.28. The van der Waals surface area contributed by atoms with Crippen LogP contribution in [0.3, 0.4) is 0 Å². The van der Waals surface area contributed by atoms with E-state index in [9.17, 15) is 41.5 Å². The standard InChI is InChI=1S/C27H32ClFIN3O6.C27H33ClFN3O6.C18H15ClFN3O3.C17H16ClFIN3O2.C7H5BrN2.CH2Cl2.3CH4.I2/c1-15(37-16-12-17-19(30)14-32-23(17)31-13-16)21-20(9-8-18(29)22(21)28)36-11-10-33(24(34)38-26(2,3)4)25(35)39-27(5,6)7;1-16(36-18-14-17-10-11-30-23(17)31-15-18)21-20(9-8-19(29)22(21)28)35-13-12-32(24(33)37-26(2,3)4)25(34)38-27(5,6)7;1-9-15-14(3-2-13(20)16(15)19)25-5-4-21-18(24)12-8-23-17-11(12)6-10(26-9)7-22-17;1-9(15-14(24-5-4-21)3-2-12(19)16(15)18)25-10-6-11-13(20)8-23-17(11)22-7-10;8-6-3-5-1-2-9-7(5)10-4-6;2-1-3;;;;1-2/h8-9,12-15H,10-11H2,1-7H3,(H,31,32);8-11,14-16H,12-13H2,1-7H3,(H,30,31);2-3,6-9H,4-5H2,1H3,(H,21,24)(H,22,23);2-3,6-9H,4-5,21H2,1H3,(H,22,23);1-4H,(H,9,10);1H2;3*1H4;. The Morgan fingerprint density at radius 3 is 1.26 bits per heavy atom. The monoisotopic (exact) mass is 2660 g/mol. The van der Waals surface area contributed by atoms with Crippen molar-refractivity contribution in [3.05, 3.63) is 236 Å². The summed E-state index contributed by atoms with van der Waals surface area (Å²) < 4.78 is 128. The molecule has 0 spiro atoms. The van der Waals surface area contributed by atoms with E-state index < -0.39 is 94.5 Å². The molecule has 46 heteroatoms. The second-order valence-electron chi connectivity index (χ2n) is 34.7. The Kier molecular flexibility index (Phi) is 49.3. The van der Waals surface area contributed by atoms with Gasteiger partial charge in [0.25, 0.3) is 5.91 Å². The summed E-state index contributed by atoms with van der Waals surface area (Å²) >= 11 is 46.5. The molecule has 0 fully saturated rings. The van der Waals surface area contributed by atoms with Crippen molar-refractivity contribution in [2.75, 3.05) is 57.9 Å². The van der Waals surface area contributed by atoms with Crippen LogP contribution in [0.5, 0.6) is 46.0 Å². The Balaban J connectivity index is 0.000000285. The van der Waals surface area contributed by atoms with E-state index in [0.29, 0.717) is 86.7 Å². The van der Waals surface area contributed by atoms with Gasteiger partial charge in [-0.15, -0.1) is 23.2 Å². The molecule has 5 amide bonds. The zero-order chi connectivity index (χ0) is 105. The number of aromatic amines is 5. The topological polar surface area (TPSA) is 384 Å². The molecule has 4 aromatic carbocycles. The molecule has 792 valence electrons. The summed E-state index contributed by atoms with van der Waals surface area (Å²) in [5.41, 5.74) is 7.70. The first kappa shape index (κ1) is 125. The number of carbonyl (C=O) groups excluding carboxylic acids is 5. The van der Waals surface area contributed by atoms with Gasteiger partial charge in [0.2, 0.25) is 0 Å². The fourth-order valence-electron chi connectivity index (χ4n) is 13.3. The van der Waals surface area contributed by atoms with Gasteiger partial charge >= 0.3 is 24.4 Å². The average molecular weight is 2660 g/mol. The maximum atomic E-state index is 14.5. The highest BCUT2D eigenvalue weighted by Crippen LogP contribution is 2.43. The minimum absolute atomic E-state index is 0. The van der Waals surface area contributed by atoms with E-state index in [1.54, 1.807) is 160 Å². The summed E-state index contributed by atoms with van der Waals surface area (Å²) in [6, 6.07) is 23.8. The molecular formula is C100H115BrCl6F4I4N14O17. The van der Waals surface area contributed by atoms with E-state index >= 15 is 0 Å². The van der Waals surface area contributed by atoms with Crippen LogP contribution >= 0.6 is 168 Å². The summed E-state index contributed by atoms with van der Waals surface area (Å²) in [5.74, 6) is 0.610. The average Bonchev–Trinajstić information content (AvgIpc) is 1.59. The van der Waals surface area contributed by atoms with E-state index in [0.717, 1.165) is 54.3 Å². The molecule has 15 rings (SSSR count). The molecule has 4 unspecified atom stereocenters. The molecule has 4 atom stereocenters. The SMILES string of the molecule is Brc1cnc2[nH]ccc2c1.C.C.C.CC(Oc1cnc2[nH]cc(I)c2c1)c1c(OCCN(C(=O)OC(C)(C)C)C(=O)OC(C)(C)C)ccc(F)c1Cl.CC(Oc1cnc2[nH]cc(I)c2c1)c1c(OCCN)ccc(F)c1Cl.CC(Oc1cnc2[nH]ccc2c1)c1c(OCCN(C(=O)OC(C)(C)C)C(=O)OC(C)(C)C)ccc(F)c1Cl.CC1Oc2cnc3[nH]cc(c3c2)C(=O)NCCOc2ccc(F)c(Cl)c21.ClCCl.II. The molecule has 14 aromatic rings. The Bertz CT molecular complexity index is 6670. The normalized spacial score (nSPS) is 12.8. The Morgan fingerprint density at radius 2 is 0.849 bits per heavy atom. The number of alkyl halides is 2. The summed E-state index contributed by atoms with van der Waals surface area (Å²) in [4.78, 5) is 101. The number of benzene rings is 4. The van der Waals surface area contributed by atoms with Crippen LogP contribution in [0.4, 0.5) is 36.7 Å². The lowest BCUT2D eigenvalue weighted by Crippen LogP contribution is -2.45. The Morgan fingerprint density at radius 1 is 0.493 bits per heavy atom. The van der Waals surface area contributed by atoms with E-state index in [-0.39, 0.29) is 116 Å². The number of imide groups is 2. The van der Waals surface area contributed by atoms with Gasteiger partial charge in [0.1, 0.15) is 171 Å². The van der Waals surface area contributed by atoms with Crippen LogP contribution in [-0.4, -0.2) is 170 Å². The number of carbonyl (C=O) groups is 5. The van der Waals surface area contributed by atoms with Gasteiger partial charge in [-0.05, 0) is 263 Å². The molecule has 1 aliphatic rings. The molecular weight excluding hydrogens is 2550 g/mol. The number of halogens is 15. The van der Waals surface area contributed by atoms with Crippen LogP contribution in [0.2, 0.25) is 20.1 Å². The first-order valence-electron chi connectivity index (χ1n) is 43.6. The number of rotatable bonds is 20. The van der Waals surface area contributed by atoms with Gasteiger partial charge in [-0.3, -0.25) is 4.79 Å². The molecule has 0 saturated heterocycles. The van der Waals surface area contributed by atoms with Gasteiger partial charge in [-0.25, -0.2) is 71.5 Å². The first-order chi connectivity index (χ1) is 67.5. The maximum absolute atomic E-state index is 14.5.